The standard InChI is InChI=1S/C43H47N5O8/c1-2-54-37-22-31(12-11-30(37)23-44-24-36(50)33-13-15-35(49)42-34(33)14-16-39(51)46-42)45-40(52)26-55-32-10-6-9-29(21-32)41(28-7-4-3-5-8-28)47-43(53)56-38-25-48-19-17-27(38)18-20-48/h3-16,21-22,27,36,38,41,44,49-50H,2,17-20,23-26H2,1H3,(H,45,52)(H,46,51)(H,47,53)/t36-,38+,41?/m1/s1. The van der Waals surface area contributed by atoms with E-state index in [9.17, 15) is 24.6 Å². The van der Waals surface area contributed by atoms with Crippen LogP contribution in [0.25, 0.3) is 10.9 Å². The van der Waals surface area contributed by atoms with E-state index in [1.807, 2.05) is 61.5 Å². The van der Waals surface area contributed by atoms with Crippen LogP contribution >= 0.6 is 0 Å². The van der Waals surface area contributed by atoms with Crippen LogP contribution < -0.4 is 31.0 Å². The second-order valence-electron chi connectivity index (χ2n) is 14.2. The summed E-state index contributed by atoms with van der Waals surface area (Å²) in [6.45, 7) is 5.46. The molecule has 5 aromatic rings. The SMILES string of the molecule is CCOc1cc(NC(=O)COc2cccc(C(NC(=O)O[C@H]3CN4CCC3CC4)c3ccccc3)c2)ccc1CNC[C@@H](O)c1ccc(O)c2[nH]c(=O)ccc12. The zero-order chi connectivity index (χ0) is 39.0. The maximum Gasteiger partial charge on any atom is 0.408 e. The van der Waals surface area contributed by atoms with E-state index in [0.717, 1.165) is 49.2 Å². The zero-order valence-electron chi connectivity index (χ0n) is 31.2. The average Bonchev–Trinajstić information content (AvgIpc) is 3.21. The maximum atomic E-state index is 13.2. The number of hydrogen-bond donors (Lipinski definition) is 6. The van der Waals surface area contributed by atoms with Crippen LogP contribution in [-0.4, -0.2) is 77.6 Å². The normalized spacial score (nSPS) is 18.5. The topological polar surface area (TPSA) is 174 Å². The lowest BCUT2D eigenvalue weighted by atomic mass is 9.86. The fourth-order valence-electron chi connectivity index (χ4n) is 7.54. The van der Waals surface area contributed by atoms with Crippen LogP contribution in [0.2, 0.25) is 0 Å². The van der Waals surface area contributed by atoms with Gasteiger partial charge in [0.1, 0.15) is 23.4 Å². The number of aliphatic hydroxyl groups is 1. The molecule has 1 aromatic heterocycles. The highest BCUT2D eigenvalue weighted by Gasteiger charge is 2.37. The van der Waals surface area contributed by atoms with Gasteiger partial charge in [-0.2, -0.15) is 0 Å². The summed E-state index contributed by atoms with van der Waals surface area (Å²) < 4.78 is 17.7. The van der Waals surface area contributed by atoms with Crippen LogP contribution in [0.5, 0.6) is 17.2 Å². The molecule has 0 aliphatic carbocycles. The van der Waals surface area contributed by atoms with Crippen molar-refractivity contribution in [1.82, 2.24) is 20.5 Å². The summed E-state index contributed by atoms with van der Waals surface area (Å²) >= 11 is 0. The number of hydrogen-bond acceptors (Lipinski definition) is 10. The number of aromatic nitrogens is 1. The molecule has 292 valence electrons. The summed E-state index contributed by atoms with van der Waals surface area (Å²) in [7, 11) is 0. The van der Waals surface area contributed by atoms with E-state index in [0.29, 0.717) is 47.2 Å². The predicted octanol–water partition coefficient (Wildman–Crippen LogP) is 5.38. The van der Waals surface area contributed by atoms with Crippen molar-refractivity contribution in [3.63, 3.8) is 0 Å². The number of aromatic hydroxyl groups is 1. The molecule has 6 N–H and O–H groups in total. The first-order chi connectivity index (χ1) is 27.2. The lowest BCUT2D eigenvalue weighted by molar-refractivity contribution is -0.118. The molecule has 3 saturated heterocycles. The summed E-state index contributed by atoms with van der Waals surface area (Å²) in [6.07, 6.45) is 0.591. The lowest BCUT2D eigenvalue weighted by Gasteiger charge is -2.43. The molecule has 3 fully saturated rings. The van der Waals surface area contributed by atoms with Gasteiger partial charge in [-0.15, -0.1) is 0 Å². The first-order valence-electron chi connectivity index (χ1n) is 19.0. The van der Waals surface area contributed by atoms with Gasteiger partial charge < -0.3 is 45.4 Å². The summed E-state index contributed by atoms with van der Waals surface area (Å²) in [4.78, 5) is 43.0. The Kier molecular flexibility index (Phi) is 12.1. The monoisotopic (exact) mass is 761 g/mol. The predicted molar refractivity (Wildman–Crippen MR) is 212 cm³/mol. The highest BCUT2D eigenvalue weighted by atomic mass is 16.6. The number of amides is 2. The molecule has 13 nitrogen and oxygen atoms in total. The molecule has 3 atom stereocenters. The highest BCUT2D eigenvalue weighted by molar-refractivity contribution is 5.92. The molecule has 4 heterocycles. The number of nitrogens with one attached hydrogen (secondary N) is 4. The molecule has 1 unspecified atom stereocenters. The van der Waals surface area contributed by atoms with Crippen LogP contribution in [0.4, 0.5) is 10.5 Å². The number of benzene rings is 4. The van der Waals surface area contributed by atoms with Gasteiger partial charge in [0, 0.05) is 48.4 Å². The van der Waals surface area contributed by atoms with Gasteiger partial charge in [-0.25, -0.2) is 4.79 Å². The number of alkyl carbamates (subject to hydrolysis) is 1. The molecule has 3 aliphatic rings. The molecule has 0 spiro atoms. The van der Waals surface area contributed by atoms with Gasteiger partial charge in [0.2, 0.25) is 5.56 Å². The highest BCUT2D eigenvalue weighted by Crippen LogP contribution is 2.32. The van der Waals surface area contributed by atoms with Crippen molar-refractivity contribution >= 4 is 28.6 Å². The van der Waals surface area contributed by atoms with Gasteiger partial charge >= 0.3 is 6.09 Å². The van der Waals surface area contributed by atoms with Gasteiger partial charge in [0.15, 0.2) is 6.61 Å². The Morgan fingerprint density at radius 1 is 0.929 bits per heavy atom. The third-order valence-corrected chi connectivity index (χ3v) is 10.4. The summed E-state index contributed by atoms with van der Waals surface area (Å²) in [5, 5.41) is 30.9. The number of fused-ring (bicyclic) bond motifs is 4. The van der Waals surface area contributed by atoms with Crippen molar-refractivity contribution in [1.29, 1.82) is 0 Å². The number of phenols is 1. The molecule has 2 amide bonds. The maximum absolute atomic E-state index is 13.2. The first-order valence-corrected chi connectivity index (χ1v) is 19.0. The number of nitrogens with zero attached hydrogens (tertiary/aromatic N) is 1. The smallest absolute Gasteiger partial charge is 0.408 e. The van der Waals surface area contributed by atoms with E-state index in [-0.39, 0.29) is 42.0 Å². The van der Waals surface area contributed by atoms with E-state index in [1.54, 1.807) is 30.3 Å². The number of piperidine rings is 3. The number of aliphatic hydroxyl groups excluding tert-OH is 1. The number of pyridine rings is 1. The summed E-state index contributed by atoms with van der Waals surface area (Å²) in [5.41, 5.74) is 3.50. The van der Waals surface area contributed by atoms with Crippen molar-refractivity contribution in [3.05, 3.63) is 130 Å². The van der Waals surface area contributed by atoms with E-state index >= 15 is 0 Å². The minimum atomic E-state index is -0.921. The Morgan fingerprint density at radius 2 is 1.73 bits per heavy atom. The van der Waals surface area contributed by atoms with Gasteiger partial charge in [-0.05, 0) is 85.8 Å². The van der Waals surface area contributed by atoms with Gasteiger partial charge in [0.05, 0.1) is 24.3 Å². The fourth-order valence-corrected chi connectivity index (χ4v) is 7.54. The van der Waals surface area contributed by atoms with Crippen LogP contribution in [0.3, 0.4) is 0 Å². The molecule has 2 bridgehead atoms. The number of carbonyl (C=O) groups is 2. The minimum absolute atomic E-state index is 0.0736. The van der Waals surface area contributed by atoms with Crippen molar-refractivity contribution in [2.24, 2.45) is 5.92 Å². The van der Waals surface area contributed by atoms with E-state index < -0.39 is 18.2 Å². The van der Waals surface area contributed by atoms with E-state index in [2.05, 4.69) is 25.8 Å². The van der Waals surface area contributed by atoms with Crippen LogP contribution in [-0.2, 0) is 16.1 Å². The van der Waals surface area contributed by atoms with Gasteiger partial charge in [-0.3, -0.25) is 14.5 Å². The Hall–Kier alpha value is -5.89. The third-order valence-electron chi connectivity index (χ3n) is 10.4. The number of H-pyrrole nitrogens is 1. The zero-order valence-corrected chi connectivity index (χ0v) is 31.2. The fraction of sp³-hybridized carbons (Fsp3) is 0.326. The number of anilines is 1. The first kappa shape index (κ1) is 38.4. The summed E-state index contributed by atoms with van der Waals surface area (Å²) in [5.74, 6) is 0.993. The second kappa shape index (κ2) is 17.7. The van der Waals surface area contributed by atoms with Gasteiger partial charge in [-0.1, -0.05) is 54.6 Å². The van der Waals surface area contributed by atoms with Crippen LogP contribution in [0.1, 0.15) is 54.2 Å². The number of phenolic OH excluding ortho intramolecular Hbond substituents is 1. The van der Waals surface area contributed by atoms with Crippen LogP contribution in [0.15, 0.2) is 102 Å². The molecule has 56 heavy (non-hydrogen) atoms. The molecule has 4 aromatic carbocycles. The second-order valence-corrected chi connectivity index (χ2v) is 14.2. The summed E-state index contributed by atoms with van der Waals surface area (Å²) in [6, 6.07) is 27.8. The molecule has 0 saturated carbocycles. The quantitative estimate of drug-likeness (QED) is 0.0813. The molecule has 0 radical (unpaired) electrons. The van der Waals surface area contributed by atoms with Crippen molar-refractivity contribution in [2.45, 2.75) is 44.6 Å². The van der Waals surface area contributed by atoms with E-state index in [4.69, 9.17) is 14.2 Å². The number of ether oxygens (including phenoxy) is 3. The molecular weight excluding hydrogens is 715 g/mol. The Labute approximate surface area is 324 Å². The van der Waals surface area contributed by atoms with Crippen LogP contribution in [0, 0.1) is 5.92 Å². The number of rotatable bonds is 15. The molecule has 8 rings (SSSR count). The van der Waals surface area contributed by atoms with Crippen molar-refractivity contribution < 1.29 is 34.0 Å². The van der Waals surface area contributed by atoms with Gasteiger partial charge in [0.25, 0.3) is 5.91 Å². The average molecular weight is 762 g/mol. The number of aromatic amines is 1. The molecule has 13 heteroatoms. The Bertz CT molecular complexity index is 2200. The van der Waals surface area contributed by atoms with Crippen molar-refractivity contribution in [3.8, 4) is 17.2 Å². The van der Waals surface area contributed by atoms with Crippen molar-refractivity contribution in [2.75, 3.05) is 44.7 Å². The molecular formula is C43H47N5O8. The lowest BCUT2D eigenvalue weighted by Crippen LogP contribution is -2.52. The number of carbonyl (C=O) groups excluding carboxylic acids is 2. The Balaban J connectivity index is 0.946. The largest absolute Gasteiger partial charge is 0.506 e. The third kappa shape index (κ3) is 9.31. The minimum Gasteiger partial charge on any atom is -0.506 e. The van der Waals surface area contributed by atoms with E-state index in [1.165, 1.54) is 12.1 Å². The Morgan fingerprint density at radius 3 is 2.50 bits per heavy atom. The molecule has 3 aliphatic heterocycles.